The van der Waals surface area contributed by atoms with E-state index >= 15 is 0 Å². The summed E-state index contributed by atoms with van der Waals surface area (Å²) >= 11 is -1.09. The molecule has 0 bridgehead atoms. The highest BCUT2D eigenvalue weighted by molar-refractivity contribution is 7.92. The molecule has 1 atom stereocenters. The van der Waals surface area contributed by atoms with Crippen molar-refractivity contribution in [1.29, 1.82) is 0 Å². The third-order valence-corrected chi connectivity index (χ3v) is 6.09. The van der Waals surface area contributed by atoms with Gasteiger partial charge in [0.2, 0.25) is 0 Å². The van der Waals surface area contributed by atoms with Crippen LogP contribution in [0, 0.1) is 0 Å². The maximum atomic E-state index is 12.6. The highest BCUT2D eigenvalue weighted by Gasteiger charge is 2.38. The van der Waals surface area contributed by atoms with Gasteiger partial charge in [0.25, 0.3) is 0 Å². The van der Waals surface area contributed by atoms with Gasteiger partial charge in [0, 0.05) is 35.1 Å². The zero-order valence-corrected chi connectivity index (χ0v) is 15.5. The summed E-state index contributed by atoms with van der Waals surface area (Å²) < 4.78 is 23.1. The van der Waals surface area contributed by atoms with Gasteiger partial charge in [-0.05, 0) is 48.5 Å². The minimum absolute atomic E-state index is 0.230. The van der Waals surface area contributed by atoms with Gasteiger partial charge in [0.05, 0.1) is 19.9 Å². The normalized spacial score (nSPS) is 14.9. The first-order valence-electron chi connectivity index (χ1n) is 8.49. The Labute approximate surface area is 155 Å². The summed E-state index contributed by atoms with van der Waals surface area (Å²) in [5, 5.41) is 0.776. The van der Waals surface area contributed by atoms with Crippen LogP contribution >= 0.6 is 0 Å². The van der Waals surface area contributed by atoms with E-state index < -0.39 is 11.2 Å². The molecule has 26 heavy (non-hydrogen) atoms. The Morgan fingerprint density at radius 2 is 1.46 bits per heavy atom. The van der Waals surface area contributed by atoms with E-state index in [0.717, 1.165) is 46.9 Å². The molecule has 0 saturated heterocycles. The topological polar surface area (TPSA) is 70.2 Å². The van der Waals surface area contributed by atoms with Crippen molar-refractivity contribution >= 4 is 11.2 Å². The summed E-state index contributed by atoms with van der Waals surface area (Å²) in [7, 11) is 3.29. The molecule has 1 fully saturated rings. The van der Waals surface area contributed by atoms with Crippen LogP contribution in [0.25, 0.3) is 22.5 Å². The summed E-state index contributed by atoms with van der Waals surface area (Å²) in [5.41, 5.74) is 3.58. The Morgan fingerprint density at radius 1 is 0.923 bits per heavy atom. The maximum Gasteiger partial charge on any atom is 0.321 e. The lowest BCUT2D eigenvalue weighted by Gasteiger charge is -2.05. The number of imidazole rings is 1. The molecule has 1 saturated carbocycles. The minimum atomic E-state index is -1.09. The molecule has 2 aromatic carbocycles. The summed E-state index contributed by atoms with van der Waals surface area (Å²) in [6, 6.07) is 15.5. The molecule has 1 heterocycles. The Bertz CT molecular complexity index is 821. The van der Waals surface area contributed by atoms with Crippen molar-refractivity contribution in [3.63, 3.8) is 0 Å². The van der Waals surface area contributed by atoms with E-state index in [0.29, 0.717) is 5.16 Å². The first-order valence-corrected chi connectivity index (χ1v) is 9.70. The standard InChI is InChI=1S/C20H20N2O3S/c1-24-15-7-3-13(4-8-15)18-19(14-5-9-16(25-2)10-6-14)22-20(21-18)26(23)17-11-12-17/h3-10,17H,11-12H2,1-2H3,(H,21,22). The number of H-pyrrole nitrogens is 1. The number of hydrogen-bond donors (Lipinski definition) is 1. The second-order valence-electron chi connectivity index (χ2n) is 6.22. The quantitative estimate of drug-likeness (QED) is 0.667. The number of nitrogens with zero attached hydrogens (tertiary/aromatic N) is 1. The average Bonchev–Trinajstić information content (AvgIpc) is 3.46. The molecule has 4 rings (SSSR count). The van der Waals surface area contributed by atoms with Crippen LogP contribution in [0.15, 0.2) is 53.7 Å². The number of nitrogens with one attached hydrogen (secondary N) is 1. The van der Waals surface area contributed by atoms with Crippen molar-refractivity contribution in [2.24, 2.45) is 0 Å². The van der Waals surface area contributed by atoms with Crippen LogP contribution in [0.3, 0.4) is 0 Å². The van der Waals surface area contributed by atoms with Gasteiger partial charge in [-0.15, -0.1) is 0 Å². The molecule has 0 radical (unpaired) electrons. The first kappa shape index (κ1) is 17.0. The summed E-state index contributed by atoms with van der Waals surface area (Å²) in [5.74, 6) is 1.58. The van der Waals surface area contributed by atoms with E-state index in [4.69, 9.17) is 9.47 Å². The number of methoxy groups -OCH3 is 2. The predicted molar refractivity (Wildman–Crippen MR) is 102 cm³/mol. The number of aromatic nitrogens is 2. The summed E-state index contributed by atoms with van der Waals surface area (Å²) in [4.78, 5) is 7.99. The predicted octanol–water partition coefficient (Wildman–Crippen LogP) is 4.03. The van der Waals surface area contributed by atoms with Crippen LogP contribution in [0.2, 0.25) is 0 Å². The Morgan fingerprint density at radius 3 is 1.96 bits per heavy atom. The Hall–Kier alpha value is -2.44. The smallest absolute Gasteiger partial charge is 0.321 e. The second kappa shape index (κ2) is 7.05. The number of aromatic amines is 1. The number of benzene rings is 2. The third kappa shape index (κ3) is 3.30. The van der Waals surface area contributed by atoms with Crippen molar-refractivity contribution < 1.29 is 14.0 Å². The molecular formula is C20H20N2O3S. The van der Waals surface area contributed by atoms with Gasteiger partial charge in [-0.25, -0.2) is 0 Å². The SMILES string of the molecule is COc1ccc(-c2nc([S+]([O-])C3CC3)[nH]c2-c2ccc(OC)cc2)cc1. The third-order valence-electron chi connectivity index (χ3n) is 4.44. The molecule has 1 N–H and O–H groups in total. The van der Waals surface area contributed by atoms with Crippen molar-refractivity contribution in [1.82, 2.24) is 9.97 Å². The minimum Gasteiger partial charge on any atom is -0.609 e. The van der Waals surface area contributed by atoms with E-state index in [1.54, 1.807) is 14.2 Å². The van der Waals surface area contributed by atoms with Crippen LogP contribution in [0.1, 0.15) is 12.8 Å². The van der Waals surface area contributed by atoms with E-state index in [2.05, 4.69) is 9.97 Å². The van der Waals surface area contributed by atoms with Gasteiger partial charge in [-0.1, -0.05) is 0 Å². The van der Waals surface area contributed by atoms with E-state index in [1.807, 2.05) is 48.5 Å². The van der Waals surface area contributed by atoms with Crippen LogP contribution in [0.4, 0.5) is 0 Å². The molecule has 1 unspecified atom stereocenters. The molecular weight excluding hydrogens is 348 g/mol. The molecule has 0 aliphatic heterocycles. The van der Waals surface area contributed by atoms with Gasteiger partial charge < -0.3 is 14.0 Å². The van der Waals surface area contributed by atoms with Gasteiger partial charge in [0.15, 0.2) is 0 Å². The van der Waals surface area contributed by atoms with Crippen molar-refractivity contribution in [3.8, 4) is 34.0 Å². The fraction of sp³-hybridized carbons (Fsp3) is 0.250. The van der Waals surface area contributed by atoms with Gasteiger partial charge in [-0.3, -0.25) is 4.98 Å². The second-order valence-corrected chi connectivity index (χ2v) is 7.87. The van der Waals surface area contributed by atoms with Crippen molar-refractivity contribution in [2.75, 3.05) is 14.2 Å². The van der Waals surface area contributed by atoms with E-state index in [-0.39, 0.29) is 5.25 Å². The fourth-order valence-corrected chi connectivity index (χ4v) is 4.08. The average molecular weight is 368 g/mol. The van der Waals surface area contributed by atoms with Crippen LogP contribution < -0.4 is 9.47 Å². The number of rotatable bonds is 6. The van der Waals surface area contributed by atoms with Gasteiger partial charge in [-0.2, -0.15) is 4.98 Å². The van der Waals surface area contributed by atoms with Crippen LogP contribution in [-0.2, 0) is 11.2 Å². The first-order chi connectivity index (χ1) is 12.7. The van der Waals surface area contributed by atoms with Crippen LogP contribution in [-0.4, -0.2) is 34.0 Å². The highest BCUT2D eigenvalue weighted by Crippen LogP contribution is 2.37. The van der Waals surface area contributed by atoms with Crippen molar-refractivity contribution in [2.45, 2.75) is 23.2 Å². The zero-order valence-electron chi connectivity index (χ0n) is 14.7. The summed E-state index contributed by atoms with van der Waals surface area (Å²) in [6.07, 6.45) is 2.01. The largest absolute Gasteiger partial charge is 0.609 e. The lowest BCUT2D eigenvalue weighted by molar-refractivity contribution is 0.414. The fourth-order valence-electron chi connectivity index (χ4n) is 2.81. The Kier molecular flexibility index (Phi) is 4.61. The monoisotopic (exact) mass is 368 g/mol. The zero-order chi connectivity index (χ0) is 18.1. The molecule has 0 amide bonds. The molecule has 5 nitrogen and oxygen atoms in total. The van der Waals surface area contributed by atoms with E-state index in [1.165, 1.54) is 0 Å². The van der Waals surface area contributed by atoms with E-state index in [9.17, 15) is 4.55 Å². The maximum absolute atomic E-state index is 12.6. The van der Waals surface area contributed by atoms with Crippen LogP contribution in [0.5, 0.6) is 11.5 Å². The number of hydrogen-bond acceptors (Lipinski definition) is 4. The number of ether oxygens (including phenoxy) is 2. The van der Waals surface area contributed by atoms with Gasteiger partial charge in [0.1, 0.15) is 22.4 Å². The lowest BCUT2D eigenvalue weighted by atomic mass is 10.0. The van der Waals surface area contributed by atoms with Crippen molar-refractivity contribution in [3.05, 3.63) is 48.5 Å². The molecule has 1 aromatic heterocycles. The van der Waals surface area contributed by atoms with Gasteiger partial charge >= 0.3 is 5.16 Å². The molecule has 0 spiro atoms. The Balaban J connectivity index is 1.78. The molecule has 1 aliphatic carbocycles. The molecule has 1 aliphatic rings. The summed E-state index contributed by atoms with van der Waals surface area (Å²) in [6.45, 7) is 0. The molecule has 6 heteroatoms. The molecule has 134 valence electrons. The highest BCUT2D eigenvalue weighted by atomic mass is 32.2. The molecule has 3 aromatic rings. The lowest BCUT2D eigenvalue weighted by Crippen LogP contribution is -2.09.